The molecule has 3 atom stereocenters. The van der Waals surface area contributed by atoms with E-state index >= 15 is 0 Å². The van der Waals surface area contributed by atoms with Crippen LogP contribution in [-0.2, 0) is 19.1 Å². The van der Waals surface area contributed by atoms with Crippen molar-refractivity contribution >= 4 is 29.6 Å². The van der Waals surface area contributed by atoms with Gasteiger partial charge < -0.3 is 19.5 Å². The normalized spacial score (nSPS) is 23.5. The molecular weight excluding hydrogens is 486 g/mol. The van der Waals surface area contributed by atoms with Gasteiger partial charge in [0.15, 0.2) is 6.61 Å². The summed E-state index contributed by atoms with van der Waals surface area (Å²) >= 11 is 0. The first-order chi connectivity index (χ1) is 18.5. The summed E-state index contributed by atoms with van der Waals surface area (Å²) in [6.07, 6.45) is 5.47. The van der Waals surface area contributed by atoms with Crippen LogP contribution in [0.4, 0.5) is 0 Å². The van der Waals surface area contributed by atoms with Crippen LogP contribution in [0.25, 0.3) is 6.08 Å². The average Bonchev–Trinajstić information content (AvgIpc) is 3.56. The minimum Gasteiger partial charge on any atom is -0.497 e. The first kappa shape index (κ1) is 25.5. The number of esters is 1. The van der Waals surface area contributed by atoms with Crippen LogP contribution >= 0.6 is 0 Å². The first-order valence-corrected chi connectivity index (χ1v) is 12.8. The van der Waals surface area contributed by atoms with Crippen LogP contribution in [0.3, 0.4) is 0 Å². The number of hydrazone groups is 1. The van der Waals surface area contributed by atoms with Crippen molar-refractivity contribution in [1.29, 1.82) is 0 Å². The molecule has 3 aliphatic rings. The molecule has 0 aromatic heterocycles. The molecule has 2 aliphatic heterocycles. The number of benzene rings is 2. The molecule has 1 saturated carbocycles. The molecule has 9 heteroatoms. The number of amides is 2. The second kappa shape index (κ2) is 11.1. The number of ether oxygens (including phenoxy) is 3. The molecule has 38 heavy (non-hydrogen) atoms. The van der Waals surface area contributed by atoms with E-state index < -0.39 is 24.5 Å². The van der Waals surface area contributed by atoms with E-state index in [-0.39, 0.29) is 24.3 Å². The summed E-state index contributed by atoms with van der Waals surface area (Å²) < 4.78 is 15.9. The topological polar surface area (TPSA) is 107 Å². The first-order valence-electron chi connectivity index (χ1n) is 12.8. The number of carbonyl (C=O) groups excluding carboxylic acids is 3. The van der Waals surface area contributed by atoms with Crippen molar-refractivity contribution in [3.8, 4) is 11.5 Å². The SMILES string of the molecule is COc1ccc(C=C2CCCC3C2=NN(C(=O)COC(=O)C2CCC(=O)N2)C3c2ccc(OC)cc2)cc1. The Bertz CT molecular complexity index is 1270. The fraction of sp³-hybridized carbons (Fsp3) is 0.379. The zero-order valence-electron chi connectivity index (χ0n) is 21.5. The minimum atomic E-state index is -0.709. The molecule has 2 heterocycles. The van der Waals surface area contributed by atoms with Crippen molar-refractivity contribution < 1.29 is 28.6 Å². The number of allylic oxidation sites excluding steroid dienone is 1. The van der Waals surface area contributed by atoms with Gasteiger partial charge in [-0.3, -0.25) is 9.59 Å². The summed E-state index contributed by atoms with van der Waals surface area (Å²) in [5.74, 6) is 0.320. The zero-order chi connectivity index (χ0) is 26.6. The van der Waals surface area contributed by atoms with Gasteiger partial charge in [0.05, 0.1) is 26.0 Å². The number of hydrogen-bond acceptors (Lipinski definition) is 7. The third kappa shape index (κ3) is 5.27. The van der Waals surface area contributed by atoms with Crippen molar-refractivity contribution in [2.75, 3.05) is 20.8 Å². The predicted molar refractivity (Wildman–Crippen MR) is 140 cm³/mol. The van der Waals surface area contributed by atoms with Crippen LogP contribution in [0.2, 0.25) is 0 Å². The number of carbonyl (C=O) groups is 3. The van der Waals surface area contributed by atoms with Gasteiger partial charge in [-0.1, -0.05) is 24.3 Å². The van der Waals surface area contributed by atoms with Gasteiger partial charge in [-0.05, 0) is 72.7 Å². The van der Waals surface area contributed by atoms with Crippen LogP contribution in [0.15, 0.2) is 59.2 Å². The number of rotatable bonds is 7. The van der Waals surface area contributed by atoms with E-state index in [0.29, 0.717) is 6.42 Å². The smallest absolute Gasteiger partial charge is 0.329 e. The molecule has 1 saturated heterocycles. The van der Waals surface area contributed by atoms with Gasteiger partial charge in [0, 0.05) is 12.3 Å². The van der Waals surface area contributed by atoms with Crippen molar-refractivity contribution in [2.45, 2.75) is 44.2 Å². The van der Waals surface area contributed by atoms with E-state index in [2.05, 4.69) is 11.4 Å². The second-order valence-corrected chi connectivity index (χ2v) is 9.65. The molecule has 2 aromatic rings. The lowest BCUT2D eigenvalue weighted by molar-refractivity contribution is -0.154. The maximum Gasteiger partial charge on any atom is 0.329 e. The van der Waals surface area contributed by atoms with Crippen LogP contribution in [0, 0.1) is 5.92 Å². The Kier molecular flexibility index (Phi) is 7.44. The summed E-state index contributed by atoms with van der Waals surface area (Å²) in [5.41, 5.74) is 3.94. The summed E-state index contributed by atoms with van der Waals surface area (Å²) in [6, 6.07) is 14.4. The van der Waals surface area contributed by atoms with Gasteiger partial charge in [-0.2, -0.15) is 5.10 Å². The summed E-state index contributed by atoms with van der Waals surface area (Å²) in [7, 11) is 3.25. The maximum atomic E-state index is 13.4. The van der Waals surface area contributed by atoms with Gasteiger partial charge in [0.2, 0.25) is 5.91 Å². The summed E-state index contributed by atoms with van der Waals surface area (Å²) in [4.78, 5) is 37.3. The maximum absolute atomic E-state index is 13.4. The van der Waals surface area contributed by atoms with Gasteiger partial charge in [-0.25, -0.2) is 9.80 Å². The number of methoxy groups -OCH3 is 2. The highest BCUT2D eigenvalue weighted by atomic mass is 16.5. The van der Waals surface area contributed by atoms with E-state index in [9.17, 15) is 14.4 Å². The highest BCUT2D eigenvalue weighted by Gasteiger charge is 2.44. The molecule has 2 amide bonds. The van der Waals surface area contributed by atoms with E-state index in [0.717, 1.165) is 53.2 Å². The molecule has 0 bridgehead atoms. The molecule has 2 aromatic carbocycles. The zero-order valence-corrected chi connectivity index (χ0v) is 21.5. The number of fused-ring (bicyclic) bond motifs is 1. The Balaban J connectivity index is 1.41. The molecule has 1 aliphatic carbocycles. The van der Waals surface area contributed by atoms with Crippen LogP contribution in [0.1, 0.15) is 49.3 Å². The van der Waals surface area contributed by atoms with Crippen LogP contribution in [-0.4, -0.2) is 55.4 Å². The van der Waals surface area contributed by atoms with Gasteiger partial charge in [0.1, 0.15) is 17.5 Å². The van der Waals surface area contributed by atoms with Crippen LogP contribution < -0.4 is 14.8 Å². The number of nitrogens with one attached hydrogen (secondary N) is 1. The van der Waals surface area contributed by atoms with Crippen molar-refractivity contribution in [1.82, 2.24) is 10.3 Å². The summed E-state index contributed by atoms with van der Waals surface area (Å²) in [6.45, 7) is -0.446. The lowest BCUT2D eigenvalue weighted by atomic mass is 9.77. The number of hydrogen-bond donors (Lipinski definition) is 1. The highest BCUT2D eigenvalue weighted by Crippen LogP contribution is 2.44. The molecule has 0 radical (unpaired) electrons. The second-order valence-electron chi connectivity index (χ2n) is 9.65. The van der Waals surface area contributed by atoms with Gasteiger partial charge in [-0.15, -0.1) is 0 Å². The monoisotopic (exact) mass is 517 g/mol. The molecule has 2 fully saturated rings. The van der Waals surface area contributed by atoms with E-state index in [1.54, 1.807) is 14.2 Å². The van der Waals surface area contributed by atoms with Crippen molar-refractivity contribution in [2.24, 2.45) is 11.0 Å². The quantitative estimate of drug-likeness (QED) is 0.562. The lowest BCUT2D eigenvalue weighted by Crippen LogP contribution is -2.38. The third-order valence-electron chi connectivity index (χ3n) is 7.29. The minimum absolute atomic E-state index is 0.00964. The van der Waals surface area contributed by atoms with E-state index in [1.807, 2.05) is 48.5 Å². The lowest BCUT2D eigenvalue weighted by Gasteiger charge is -2.29. The molecular formula is C29H31N3O6. The summed E-state index contributed by atoms with van der Waals surface area (Å²) in [5, 5.41) is 8.87. The Morgan fingerprint density at radius 1 is 1.00 bits per heavy atom. The van der Waals surface area contributed by atoms with E-state index in [4.69, 9.17) is 19.3 Å². The molecule has 9 nitrogen and oxygen atoms in total. The van der Waals surface area contributed by atoms with Crippen molar-refractivity contribution in [3.63, 3.8) is 0 Å². The standard InChI is InChI=1S/C29H31N3O6/c1-36-21-10-6-18(7-11-21)16-20-4-3-5-23-27(20)31-32(28(23)19-8-12-22(37-2)13-9-19)26(34)17-38-29(35)24-14-15-25(33)30-24/h6-13,16,23-24,28H,3-5,14-15,17H2,1-2H3,(H,30,33). The molecule has 3 unspecified atom stereocenters. The average molecular weight is 518 g/mol. The fourth-order valence-corrected chi connectivity index (χ4v) is 5.33. The molecule has 5 rings (SSSR count). The Labute approximate surface area is 221 Å². The van der Waals surface area contributed by atoms with Gasteiger partial charge in [0.25, 0.3) is 5.91 Å². The van der Waals surface area contributed by atoms with Crippen molar-refractivity contribution in [3.05, 3.63) is 65.2 Å². The van der Waals surface area contributed by atoms with Crippen LogP contribution in [0.5, 0.6) is 11.5 Å². The van der Waals surface area contributed by atoms with Gasteiger partial charge >= 0.3 is 5.97 Å². The molecule has 1 N–H and O–H groups in total. The Hall–Kier alpha value is -4.14. The number of nitrogens with zero attached hydrogens (tertiary/aromatic N) is 2. The largest absolute Gasteiger partial charge is 0.497 e. The third-order valence-corrected chi connectivity index (χ3v) is 7.29. The Morgan fingerprint density at radius 3 is 2.32 bits per heavy atom. The van der Waals surface area contributed by atoms with E-state index in [1.165, 1.54) is 5.01 Å². The highest BCUT2D eigenvalue weighted by molar-refractivity contribution is 6.08. The predicted octanol–water partition coefficient (Wildman–Crippen LogP) is 3.65. The molecule has 198 valence electrons. The Morgan fingerprint density at radius 2 is 1.68 bits per heavy atom. The fourth-order valence-electron chi connectivity index (χ4n) is 5.33. The molecule has 0 spiro atoms.